The van der Waals surface area contributed by atoms with Crippen LogP contribution >= 0.6 is 0 Å². The zero-order valence-electron chi connectivity index (χ0n) is 11.6. The van der Waals surface area contributed by atoms with Gasteiger partial charge in [-0.05, 0) is 31.4 Å². The van der Waals surface area contributed by atoms with Crippen LogP contribution in [0.15, 0.2) is 36.9 Å². The number of hydrogen-bond donors (Lipinski definition) is 0. The third-order valence-corrected chi connectivity index (χ3v) is 2.85. The van der Waals surface area contributed by atoms with E-state index in [-0.39, 0.29) is 5.97 Å². The van der Waals surface area contributed by atoms with Crippen LogP contribution in [0.4, 0.5) is 0 Å². The van der Waals surface area contributed by atoms with Gasteiger partial charge in [0.2, 0.25) is 0 Å². The number of para-hydroxylation sites is 1. The highest BCUT2D eigenvalue weighted by Gasteiger charge is 2.11. The molecule has 0 aliphatic carbocycles. The first kappa shape index (κ1) is 15.3. The molecule has 1 rings (SSSR count). The van der Waals surface area contributed by atoms with Crippen molar-refractivity contribution >= 4 is 5.97 Å². The van der Waals surface area contributed by atoms with Gasteiger partial charge in [0.25, 0.3) is 0 Å². The minimum absolute atomic E-state index is 0.360. The molecule has 0 N–H and O–H groups in total. The number of rotatable bonds is 9. The second-order valence-corrected chi connectivity index (χ2v) is 4.33. The summed E-state index contributed by atoms with van der Waals surface area (Å²) in [4.78, 5) is 11.5. The first-order valence-electron chi connectivity index (χ1n) is 6.70. The third kappa shape index (κ3) is 5.60. The van der Waals surface area contributed by atoms with Gasteiger partial charge in [-0.3, -0.25) is 0 Å². The van der Waals surface area contributed by atoms with Crippen molar-refractivity contribution in [3.8, 4) is 5.75 Å². The highest BCUT2D eigenvalue weighted by atomic mass is 16.5. The molecule has 0 aliphatic heterocycles. The van der Waals surface area contributed by atoms with Gasteiger partial charge in [-0.15, -0.1) is 6.58 Å². The van der Waals surface area contributed by atoms with E-state index in [0.29, 0.717) is 17.9 Å². The van der Waals surface area contributed by atoms with Crippen LogP contribution in [0.3, 0.4) is 0 Å². The molecule has 0 aromatic heterocycles. The Labute approximate surface area is 115 Å². The zero-order valence-corrected chi connectivity index (χ0v) is 11.6. The standard InChI is InChI=1S/C16H22O3/c1-3-4-5-6-7-10-13-19-15-12-9-8-11-14(15)16(17)18-2/h3,8-9,11-12H,1,4-7,10,13H2,2H3. The van der Waals surface area contributed by atoms with Crippen LogP contribution in [0.25, 0.3) is 0 Å². The Morgan fingerprint density at radius 3 is 2.68 bits per heavy atom. The van der Waals surface area contributed by atoms with E-state index >= 15 is 0 Å². The minimum atomic E-state index is -0.360. The molecule has 19 heavy (non-hydrogen) atoms. The number of carbonyl (C=O) groups excluding carboxylic acids is 1. The summed E-state index contributed by atoms with van der Waals surface area (Å²) in [6, 6.07) is 7.16. The topological polar surface area (TPSA) is 35.5 Å². The van der Waals surface area contributed by atoms with Crippen molar-refractivity contribution in [2.75, 3.05) is 13.7 Å². The molecule has 0 saturated heterocycles. The van der Waals surface area contributed by atoms with Gasteiger partial charge in [-0.25, -0.2) is 4.79 Å². The number of methoxy groups -OCH3 is 1. The van der Waals surface area contributed by atoms with Crippen molar-refractivity contribution in [1.29, 1.82) is 0 Å². The first-order valence-corrected chi connectivity index (χ1v) is 6.70. The van der Waals surface area contributed by atoms with Crippen molar-refractivity contribution in [2.24, 2.45) is 0 Å². The summed E-state index contributed by atoms with van der Waals surface area (Å²) in [6.45, 7) is 4.33. The molecule has 0 heterocycles. The molecule has 1 aromatic rings. The van der Waals surface area contributed by atoms with E-state index in [4.69, 9.17) is 9.47 Å². The Morgan fingerprint density at radius 1 is 1.21 bits per heavy atom. The molecular formula is C16H22O3. The summed E-state index contributed by atoms with van der Waals surface area (Å²) in [5.41, 5.74) is 0.483. The summed E-state index contributed by atoms with van der Waals surface area (Å²) >= 11 is 0. The molecule has 0 amide bonds. The summed E-state index contributed by atoms with van der Waals surface area (Å²) in [6.07, 6.45) is 7.52. The van der Waals surface area contributed by atoms with E-state index < -0.39 is 0 Å². The van der Waals surface area contributed by atoms with Crippen molar-refractivity contribution < 1.29 is 14.3 Å². The van der Waals surface area contributed by atoms with Crippen LogP contribution in [-0.4, -0.2) is 19.7 Å². The van der Waals surface area contributed by atoms with Gasteiger partial charge in [-0.2, -0.15) is 0 Å². The van der Waals surface area contributed by atoms with Crippen LogP contribution in [0.1, 0.15) is 42.5 Å². The largest absolute Gasteiger partial charge is 0.493 e. The highest BCUT2D eigenvalue weighted by Crippen LogP contribution is 2.19. The Kier molecular flexibility index (Phi) is 7.40. The smallest absolute Gasteiger partial charge is 0.341 e. The number of hydrogen-bond acceptors (Lipinski definition) is 3. The molecule has 3 heteroatoms. The number of ether oxygens (including phenoxy) is 2. The Bertz CT molecular complexity index is 399. The van der Waals surface area contributed by atoms with E-state index in [1.807, 2.05) is 12.1 Å². The van der Waals surface area contributed by atoms with Gasteiger partial charge in [0.1, 0.15) is 11.3 Å². The highest BCUT2D eigenvalue weighted by molar-refractivity contribution is 5.92. The van der Waals surface area contributed by atoms with E-state index in [2.05, 4.69) is 6.58 Å². The van der Waals surface area contributed by atoms with Crippen molar-refractivity contribution in [3.05, 3.63) is 42.5 Å². The number of carbonyl (C=O) groups is 1. The molecule has 104 valence electrons. The molecular weight excluding hydrogens is 240 g/mol. The summed E-state index contributed by atoms with van der Waals surface area (Å²) in [5, 5.41) is 0. The fourth-order valence-corrected chi connectivity index (χ4v) is 1.80. The predicted molar refractivity (Wildman–Crippen MR) is 76.6 cm³/mol. The van der Waals surface area contributed by atoms with Gasteiger partial charge >= 0.3 is 5.97 Å². The van der Waals surface area contributed by atoms with Crippen molar-refractivity contribution in [1.82, 2.24) is 0 Å². The monoisotopic (exact) mass is 262 g/mol. The minimum Gasteiger partial charge on any atom is -0.493 e. The normalized spacial score (nSPS) is 9.95. The predicted octanol–water partition coefficient (Wildman–Crippen LogP) is 3.99. The maximum atomic E-state index is 11.5. The maximum absolute atomic E-state index is 11.5. The van der Waals surface area contributed by atoms with Gasteiger partial charge in [-0.1, -0.05) is 31.1 Å². The summed E-state index contributed by atoms with van der Waals surface area (Å²) in [7, 11) is 1.37. The molecule has 0 spiro atoms. The molecule has 0 saturated carbocycles. The SMILES string of the molecule is C=CCCCCCCOc1ccccc1C(=O)OC. The molecule has 0 aliphatic rings. The van der Waals surface area contributed by atoms with E-state index in [0.717, 1.165) is 19.3 Å². The van der Waals surface area contributed by atoms with Crippen LogP contribution in [0, 0.1) is 0 Å². The van der Waals surface area contributed by atoms with Gasteiger partial charge < -0.3 is 9.47 Å². The Hall–Kier alpha value is -1.77. The summed E-state index contributed by atoms with van der Waals surface area (Å²) in [5.74, 6) is 0.238. The Morgan fingerprint density at radius 2 is 1.95 bits per heavy atom. The molecule has 0 atom stereocenters. The van der Waals surface area contributed by atoms with Crippen molar-refractivity contribution in [3.63, 3.8) is 0 Å². The van der Waals surface area contributed by atoms with E-state index in [1.165, 1.54) is 20.0 Å². The number of unbranched alkanes of at least 4 members (excludes halogenated alkanes) is 4. The van der Waals surface area contributed by atoms with E-state index in [9.17, 15) is 4.79 Å². The third-order valence-electron chi connectivity index (χ3n) is 2.85. The molecule has 1 aromatic carbocycles. The lowest BCUT2D eigenvalue weighted by atomic mass is 10.1. The quantitative estimate of drug-likeness (QED) is 0.383. The second-order valence-electron chi connectivity index (χ2n) is 4.33. The molecule has 0 radical (unpaired) electrons. The fourth-order valence-electron chi connectivity index (χ4n) is 1.80. The maximum Gasteiger partial charge on any atom is 0.341 e. The molecule has 0 bridgehead atoms. The Balaban J connectivity index is 2.33. The lowest BCUT2D eigenvalue weighted by Gasteiger charge is -2.09. The average Bonchev–Trinajstić information content (AvgIpc) is 2.46. The van der Waals surface area contributed by atoms with Crippen LogP contribution in [-0.2, 0) is 4.74 Å². The fraction of sp³-hybridized carbons (Fsp3) is 0.438. The summed E-state index contributed by atoms with van der Waals surface area (Å²) < 4.78 is 10.4. The van der Waals surface area contributed by atoms with Gasteiger partial charge in [0, 0.05) is 0 Å². The average molecular weight is 262 g/mol. The second kappa shape index (κ2) is 9.20. The zero-order chi connectivity index (χ0) is 13.9. The van der Waals surface area contributed by atoms with E-state index in [1.54, 1.807) is 18.2 Å². The van der Waals surface area contributed by atoms with Crippen LogP contribution < -0.4 is 4.74 Å². The van der Waals surface area contributed by atoms with Crippen molar-refractivity contribution in [2.45, 2.75) is 32.1 Å². The molecule has 0 fully saturated rings. The number of benzene rings is 1. The lowest BCUT2D eigenvalue weighted by molar-refractivity contribution is 0.0596. The van der Waals surface area contributed by atoms with Gasteiger partial charge in [0.15, 0.2) is 0 Å². The first-order chi connectivity index (χ1) is 9.29. The number of allylic oxidation sites excluding steroid dienone is 1. The van der Waals surface area contributed by atoms with Crippen LogP contribution in [0.5, 0.6) is 5.75 Å². The molecule has 3 nitrogen and oxygen atoms in total. The van der Waals surface area contributed by atoms with Crippen LogP contribution in [0.2, 0.25) is 0 Å². The van der Waals surface area contributed by atoms with Gasteiger partial charge in [0.05, 0.1) is 13.7 Å². The lowest BCUT2D eigenvalue weighted by Crippen LogP contribution is -2.06. The molecule has 0 unspecified atom stereocenters. The number of esters is 1.